The number of hydrogen-bond acceptors (Lipinski definition) is 8. The summed E-state index contributed by atoms with van der Waals surface area (Å²) in [5, 5.41) is 6.39. The van der Waals surface area contributed by atoms with E-state index >= 15 is 0 Å². The minimum absolute atomic E-state index is 0.0703. The van der Waals surface area contributed by atoms with Crippen LogP contribution in [0.5, 0.6) is 5.75 Å². The van der Waals surface area contributed by atoms with Crippen LogP contribution in [0.1, 0.15) is 22.3 Å². The lowest BCUT2D eigenvalue weighted by molar-refractivity contribution is -0.115. The molecule has 0 spiro atoms. The number of methoxy groups -OCH3 is 1. The number of aromatic nitrogens is 2. The Labute approximate surface area is 147 Å². The van der Waals surface area contributed by atoms with Crippen molar-refractivity contribution >= 4 is 17.6 Å². The largest absolute Gasteiger partial charge is 0.495 e. The van der Waals surface area contributed by atoms with Crippen LogP contribution in [0.15, 0.2) is 51.6 Å². The maximum Gasteiger partial charge on any atom is 0.374 e. The van der Waals surface area contributed by atoms with Crippen LogP contribution in [-0.4, -0.2) is 29.1 Å². The SMILES string of the molecule is COc1ccccc1NC(=O)Cc1noc(COC(=O)c2ccco2)n1. The van der Waals surface area contributed by atoms with Gasteiger partial charge in [-0.3, -0.25) is 4.79 Å². The molecule has 0 atom stereocenters. The first kappa shape index (κ1) is 17.2. The van der Waals surface area contributed by atoms with Gasteiger partial charge in [0.15, 0.2) is 12.4 Å². The number of para-hydroxylation sites is 2. The molecule has 1 aromatic carbocycles. The molecule has 26 heavy (non-hydrogen) atoms. The number of ether oxygens (including phenoxy) is 2. The fraction of sp³-hybridized carbons (Fsp3) is 0.176. The second kappa shape index (κ2) is 7.97. The molecule has 3 rings (SSSR count). The molecule has 9 heteroatoms. The van der Waals surface area contributed by atoms with Gasteiger partial charge in [0.1, 0.15) is 5.75 Å². The number of hydrogen-bond donors (Lipinski definition) is 1. The first-order valence-corrected chi connectivity index (χ1v) is 7.60. The molecule has 0 aliphatic rings. The lowest BCUT2D eigenvalue weighted by Crippen LogP contribution is -2.15. The number of nitrogens with one attached hydrogen (secondary N) is 1. The Hall–Kier alpha value is -3.62. The van der Waals surface area contributed by atoms with Crippen molar-refractivity contribution in [2.45, 2.75) is 13.0 Å². The summed E-state index contributed by atoms with van der Waals surface area (Å²) >= 11 is 0. The fourth-order valence-electron chi connectivity index (χ4n) is 2.10. The van der Waals surface area contributed by atoms with E-state index in [1.165, 1.54) is 19.4 Å². The van der Waals surface area contributed by atoms with Gasteiger partial charge >= 0.3 is 5.97 Å². The van der Waals surface area contributed by atoms with Crippen molar-refractivity contribution in [2.24, 2.45) is 0 Å². The molecule has 0 saturated heterocycles. The summed E-state index contributed by atoms with van der Waals surface area (Å²) in [5.41, 5.74) is 0.538. The zero-order valence-electron chi connectivity index (χ0n) is 13.8. The quantitative estimate of drug-likeness (QED) is 0.640. The molecule has 0 fully saturated rings. The number of amides is 1. The Kier molecular flexibility index (Phi) is 5.28. The molecule has 0 unspecified atom stereocenters. The molecule has 0 bridgehead atoms. The zero-order valence-corrected chi connectivity index (χ0v) is 13.8. The van der Waals surface area contributed by atoms with E-state index in [0.717, 1.165) is 0 Å². The summed E-state index contributed by atoms with van der Waals surface area (Å²) in [5.74, 6) is -0.134. The highest BCUT2D eigenvalue weighted by Crippen LogP contribution is 2.23. The number of anilines is 1. The second-order valence-electron chi connectivity index (χ2n) is 5.08. The third-order valence-corrected chi connectivity index (χ3v) is 3.26. The van der Waals surface area contributed by atoms with Crippen molar-refractivity contribution < 1.29 is 28.0 Å². The topological polar surface area (TPSA) is 117 Å². The van der Waals surface area contributed by atoms with Crippen molar-refractivity contribution in [3.63, 3.8) is 0 Å². The standard InChI is InChI=1S/C17H15N3O6/c1-23-12-6-3-2-5-11(12)18-15(21)9-14-19-16(26-20-14)10-25-17(22)13-7-4-8-24-13/h2-8H,9-10H2,1H3,(H,18,21). The smallest absolute Gasteiger partial charge is 0.374 e. The second-order valence-corrected chi connectivity index (χ2v) is 5.08. The van der Waals surface area contributed by atoms with Crippen molar-refractivity contribution in [1.29, 1.82) is 0 Å². The van der Waals surface area contributed by atoms with Crippen LogP contribution in [-0.2, 0) is 22.6 Å². The number of esters is 1. The Balaban J connectivity index is 1.53. The monoisotopic (exact) mass is 357 g/mol. The molecule has 0 radical (unpaired) electrons. The first-order valence-electron chi connectivity index (χ1n) is 7.60. The summed E-state index contributed by atoms with van der Waals surface area (Å²) < 4.78 is 20.0. The normalized spacial score (nSPS) is 10.3. The summed E-state index contributed by atoms with van der Waals surface area (Å²) in [6.07, 6.45) is 1.26. The highest BCUT2D eigenvalue weighted by Gasteiger charge is 2.15. The number of benzene rings is 1. The molecule has 2 aromatic heterocycles. The van der Waals surface area contributed by atoms with Crippen LogP contribution in [0.25, 0.3) is 0 Å². The van der Waals surface area contributed by atoms with Crippen LogP contribution < -0.4 is 10.1 Å². The molecule has 9 nitrogen and oxygen atoms in total. The first-order chi connectivity index (χ1) is 12.7. The van der Waals surface area contributed by atoms with Gasteiger partial charge in [-0.05, 0) is 24.3 Å². The van der Waals surface area contributed by atoms with Gasteiger partial charge in [0, 0.05) is 0 Å². The van der Waals surface area contributed by atoms with Crippen LogP contribution in [0.3, 0.4) is 0 Å². The van der Waals surface area contributed by atoms with Crippen molar-refractivity contribution in [1.82, 2.24) is 10.1 Å². The van der Waals surface area contributed by atoms with Crippen LogP contribution >= 0.6 is 0 Å². The zero-order chi connectivity index (χ0) is 18.4. The predicted octanol–water partition coefficient (Wildman–Crippen LogP) is 2.21. The van der Waals surface area contributed by atoms with Gasteiger partial charge in [-0.25, -0.2) is 4.79 Å². The molecular formula is C17H15N3O6. The number of nitrogens with zero attached hydrogens (tertiary/aromatic N) is 2. The maximum atomic E-state index is 12.1. The minimum Gasteiger partial charge on any atom is -0.495 e. The highest BCUT2D eigenvalue weighted by atomic mass is 16.6. The van der Waals surface area contributed by atoms with E-state index in [-0.39, 0.29) is 36.4 Å². The molecule has 0 aliphatic carbocycles. The maximum absolute atomic E-state index is 12.1. The number of furan rings is 1. The lowest BCUT2D eigenvalue weighted by Gasteiger charge is -2.08. The molecule has 3 aromatic rings. The van der Waals surface area contributed by atoms with Gasteiger partial charge in [0.2, 0.25) is 11.7 Å². The van der Waals surface area contributed by atoms with Crippen LogP contribution in [0.2, 0.25) is 0 Å². The van der Waals surface area contributed by atoms with Crippen LogP contribution in [0, 0.1) is 0 Å². The minimum atomic E-state index is -0.649. The molecule has 134 valence electrons. The molecule has 0 aliphatic heterocycles. The fourth-order valence-corrected chi connectivity index (χ4v) is 2.10. The van der Waals surface area contributed by atoms with E-state index in [2.05, 4.69) is 15.5 Å². The third kappa shape index (κ3) is 4.26. The van der Waals surface area contributed by atoms with Crippen molar-refractivity contribution in [3.8, 4) is 5.75 Å². The van der Waals surface area contributed by atoms with E-state index in [1.54, 1.807) is 30.3 Å². The average molecular weight is 357 g/mol. The van der Waals surface area contributed by atoms with Crippen LogP contribution in [0.4, 0.5) is 5.69 Å². The van der Waals surface area contributed by atoms with Gasteiger partial charge < -0.3 is 23.7 Å². The Morgan fingerprint density at radius 2 is 2.04 bits per heavy atom. The van der Waals surface area contributed by atoms with Gasteiger partial charge in [-0.15, -0.1) is 0 Å². The highest BCUT2D eigenvalue weighted by molar-refractivity contribution is 5.93. The molecule has 1 amide bonds. The summed E-state index contributed by atoms with van der Waals surface area (Å²) in [6, 6.07) is 10.1. The Bertz CT molecular complexity index is 888. The third-order valence-electron chi connectivity index (χ3n) is 3.26. The van der Waals surface area contributed by atoms with Gasteiger partial charge in [0.25, 0.3) is 5.89 Å². The number of carbonyl (C=O) groups excluding carboxylic acids is 2. The van der Waals surface area contributed by atoms with E-state index in [4.69, 9.17) is 18.4 Å². The summed E-state index contributed by atoms with van der Waals surface area (Å²) in [7, 11) is 1.51. The van der Waals surface area contributed by atoms with E-state index in [9.17, 15) is 9.59 Å². The Morgan fingerprint density at radius 3 is 2.81 bits per heavy atom. The molecule has 0 saturated carbocycles. The summed E-state index contributed by atoms with van der Waals surface area (Å²) in [6.45, 7) is -0.222. The average Bonchev–Trinajstić information content (AvgIpc) is 3.32. The van der Waals surface area contributed by atoms with E-state index < -0.39 is 5.97 Å². The van der Waals surface area contributed by atoms with E-state index in [0.29, 0.717) is 11.4 Å². The van der Waals surface area contributed by atoms with Crippen molar-refractivity contribution in [3.05, 3.63) is 60.1 Å². The molecule has 1 N–H and O–H groups in total. The lowest BCUT2D eigenvalue weighted by atomic mass is 10.2. The molecular weight excluding hydrogens is 342 g/mol. The summed E-state index contributed by atoms with van der Waals surface area (Å²) in [4.78, 5) is 27.8. The number of rotatable bonds is 7. The van der Waals surface area contributed by atoms with Gasteiger partial charge in [0.05, 0.1) is 25.5 Å². The number of carbonyl (C=O) groups is 2. The van der Waals surface area contributed by atoms with Gasteiger partial charge in [-0.1, -0.05) is 17.3 Å². The van der Waals surface area contributed by atoms with E-state index in [1.807, 2.05) is 0 Å². The predicted molar refractivity (Wildman–Crippen MR) is 87.5 cm³/mol. The van der Waals surface area contributed by atoms with Crippen molar-refractivity contribution in [2.75, 3.05) is 12.4 Å². The van der Waals surface area contributed by atoms with Gasteiger partial charge in [-0.2, -0.15) is 4.98 Å². The Morgan fingerprint density at radius 1 is 1.19 bits per heavy atom. The molecule has 2 heterocycles.